The van der Waals surface area contributed by atoms with Crippen molar-refractivity contribution in [1.82, 2.24) is 15.1 Å². The van der Waals surface area contributed by atoms with Gasteiger partial charge in [0.15, 0.2) is 0 Å². The van der Waals surface area contributed by atoms with Gasteiger partial charge in [0.1, 0.15) is 0 Å². The Morgan fingerprint density at radius 2 is 1.86 bits per heavy atom. The predicted molar refractivity (Wildman–Crippen MR) is 90.3 cm³/mol. The summed E-state index contributed by atoms with van der Waals surface area (Å²) in [5, 5.41) is 9.41. The van der Waals surface area contributed by atoms with E-state index in [9.17, 15) is 0 Å². The van der Waals surface area contributed by atoms with Crippen LogP contribution in [0.1, 0.15) is 51.6 Å². The summed E-state index contributed by atoms with van der Waals surface area (Å²) < 4.78 is 1.97. The van der Waals surface area contributed by atoms with E-state index in [2.05, 4.69) is 48.5 Å². The topological polar surface area (TPSA) is 29.9 Å². The molecule has 0 atom stereocenters. The van der Waals surface area contributed by atoms with Crippen LogP contribution in [-0.4, -0.2) is 16.3 Å². The van der Waals surface area contributed by atoms with E-state index in [-0.39, 0.29) is 0 Å². The number of hydrogen-bond acceptors (Lipinski definition) is 2. The minimum absolute atomic E-state index is 0.848. The van der Waals surface area contributed by atoms with E-state index in [0.717, 1.165) is 24.7 Å². The number of unbranched alkanes of at least 4 members (excludes halogenated alkanes) is 3. The molecular weight excluding hydrogens is 258 g/mol. The summed E-state index contributed by atoms with van der Waals surface area (Å²) in [6.45, 7) is 6.57. The number of benzene rings is 1. The van der Waals surface area contributed by atoms with Crippen LogP contribution in [0, 0.1) is 5.92 Å². The summed E-state index contributed by atoms with van der Waals surface area (Å²) in [5.41, 5.74) is 2.37. The monoisotopic (exact) mass is 287 g/mol. The zero-order valence-corrected chi connectivity index (χ0v) is 13.7. The zero-order chi connectivity index (χ0) is 15.1. The summed E-state index contributed by atoms with van der Waals surface area (Å²) in [6.07, 6.45) is 6.72. The minimum Gasteiger partial charge on any atom is -0.311 e. The number of rotatable bonds is 9. The van der Waals surface area contributed by atoms with Crippen molar-refractivity contribution in [3.63, 3.8) is 0 Å². The van der Waals surface area contributed by atoms with Crippen molar-refractivity contribution in [1.29, 1.82) is 0 Å². The molecule has 0 amide bonds. The fourth-order valence-electron chi connectivity index (χ4n) is 2.78. The number of nitrogens with zero attached hydrogens (tertiary/aromatic N) is 2. The lowest BCUT2D eigenvalue weighted by atomic mass is 10.0. The van der Waals surface area contributed by atoms with Crippen LogP contribution in [0.4, 0.5) is 0 Å². The molecule has 0 saturated carbocycles. The molecule has 0 aliphatic rings. The standard InChI is InChI=1S/C18H29N3/c1-15(2)10-6-4-5-9-13-19-14-17-16-11-7-8-12-18(16)21(3)20-17/h7-8,11-12,15,19H,4-6,9-10,13-14H2,1-3H3. The van der Waals surface area contributed by atoms with Crippen LogP contribution in [0.3, 0.4) is 0 Å². The molecular formula is C18H29N3. The highest BCUT2D eigenvalue weighted by Gasteiger charge is 2.06. The molecule has 116 valence electrons. The molecule has 0 fully saturated rings. The molecule has 0 radical (unpaired) electrons. The highest BCUT2D eigenvalue weighted by molar-refractivity contribution is 5.81. The second-order valence-corrected chi connectivity index (χ2v) is 6.36. The Morgan fingerprint density at radius 1 is 1.10 bits per heavy atom. The van der Waals surface area contributed by atoms with E-state index in [0.29, 0.717) is 0 Å². The summed E-state index contributed by atoms with van der Waals surface area (Å²) in [5.74, 6) is 0.848. The summed E-state index contributed by atoms with van der Waals surface area (Å²) in [4.78, 5) is 0. The van der Waals surface area contributed by atoms with Crippen molar-refractivity contribution < 1.29 is 0 Å². The smallest absolute Gasteiger partial charge is 0.0841 e. The molecule has 1 N–H and O–H groups in total. The minimum atomic E-state index is 0.848. The normalized spacial score (nSPS) is 11.6. The molecule has 2 aromatic rings. The summed E-state index contributed by atoms with van der Waals surface area (Å²) >= 11 is 0. The quantitative estimate of drug-likeness (QED) is 0.698. The first kappa shape index (κ1) is 16.0. The lowest BCUT2D eigenvalue weighted by Crippen LogP contribution is -2.15. The van der Waals surface area contributed by atoms with Gasteiger partial charge in [-0.15, -0.1) is 0 Å². The van der Waals surface area contributed by atoms with Gasteiger partial charge in [0.05, 0.1) is 11.2 Å². The zero-order valence-electron chi connectivity index (χ0n) is 13.7. The van der Waals surface area contributed by atoms with Gasteiger partial charge in [0, 0.05) is 19.0 Å². The molecule has 1 aromatic carbocycles. The Labute approximate surface area is 128 Å². The first-order valence-electron chi connectivity index (χ1n) is 8.30. The Kier molecular flexibility index (Phi) is 6.24. The van der Waals surface area contributed by atoms with Crippen LogP contribution in [0.5, 0.6) is 0 Å². The van der Waals surface area contributed by atoms with E-state index in [1.807, 2.05) is 11.7 Å². The molecule has 0 bridgehead atoms. The molecule has 0 saturated heterocycles. The maximum Gasteiger partial charge on any atom is 0.0841 e. The summed E-state index contributed by atoms with van der Waals surface area (Å²) in [7, 11) is 2.01. The summed E-state index contributed by atoms with van der Waals surface area (Å²) in [6, 6.07) is 8.44. The third-order valence-electron chi connectivity index (χ3n) is 4.01. The average molecular weight is 287 g/mol. The van der Waals surface area contributed by atoms with Crippen LogP contribution in [0.25, 0.3) is 10.9 Å². The first-order valence-corrected chi connectivity index (χ1v) is 8.30. The van der Waals surface area contributed by atoms with Crippen molar-refractivity contribution in [3.05, 3.63) is 30.0 Å². The molecule has 0 unspecified atom stereocenters. The molecule has 2 rings (SSSR count). The number of para-hydroxylation sites is 1. The van der Waals surface area contributed by atoms with Crippen molar-refractivity contribution in [2.45, 2.75) is 52.5 Å². The van der Waals surface area contributed by atoms with Crippen LogP contribution >= 0.6 is 0 Å². The Balaban J connectivity index is 1.66. The van der Waals surface area contributed by atoms with Crippen molar-refractivity contribution in [2.75, 3.05) is 6.54 Å². The number of fused-ring (bicyclic) bond motifs is 1. The van der Waals surface area contributed by atoms with Gasteiger partial charge in [0.2, 0.25) is 0 Å². The van der Waals surface area contributed by atoms with Gasteiger partial charge >= 0.3 is 0 Å². The molecule has 3 nitrogen and oxygen atoms in total. The van der Waals surface area contributed by atoms with Gasteiger partial charge < -0.3 is 5.32 Å². The van der Waals surface area contributed by atoms with Crippen molar-refractivity contribution in [2.24, 2.45) is 13.0 Å². The van der Waals surface area contributed by atoms with Crippen LogP contribution in [0.15, 0.2) is 24.3 Å². The fraction of sp³-hybridized carbons (Fsp3) is 0.611. The molecule has 0 aliphatic carbocycles. The van der Waals surface area contributed by atoms with Gasteiger partial charge in [-0.3, -0.25) is 4.68 Å². The Hall–Kier alpha value is -1.35. The van der Waals surface area contributed by atoms with Crippen molar-refractivity contribution >= 4 is 10.9 Å². The third-order valence-corrected chi connectivity index (χ3v) is 4.01. The fourth-order valence-corrected chi connectivity index (χ4v) is 2.78. The SMILES string of the molecule is CC(C)CCCCCCNCc1nn(C)c2ccccc12. The van der Waals surface area contributed by atoms with Gasteiger partial charge in [-0.05, 0) is 24.9 Å². The van der Waals surface area contributed by atoms with Crippen LogP contribution in [0.2, 0.25) is 0 Å². The van der Waals surface area contributed by atoms with E-state index in [1.165, 1.54) is 43.0 Å². The average Bonchev–Trinajstić information content (AvgIpc) is 2.79. The number of aromatic nitrogens is 2. The first-order chi connectivity index (χ1) is 10.2. The number of hydrogen-bond donors (Lipinski definition) is 1. The Morgan fingerprint density at radius 3 is 2.67 bits per heavy atom. The van der Waals surface area contributed by atoms with Crippen molar-refractivity contribution in [3.8, 4) is 0 Å². The largest absolute Gasteiger partial charge is 0.311 e. The van der Waals surface area contributed by atoms with Crippen LogP contribution < -0.4 is 5.32 Å². The second-order valence-electron chi connectivity index (χ2n) is 6.36. The van der Waals surface area contributed by atoms with Crippen LogP contribution in [-0.2, 0) is 13.6 Å². The Bertz CT molecular complexity index is 542. The lowest BCUT2D eigenvalue weighted by molar-refractivity contribution is 0.511. The van der Waals surface area contributed by atoms with E-state index in [1.54, 1.807) is 0 Å². The molecule has 1 heterocycles. The van der Waals surface area contributed by atoms with Gasteiger partial charge in [-0.25, -0.2) is 0 Å². The maximum absolute atomic E-state index is 4.61. The molecule has 0 aliphatic heterocycles. The molecule has 0 spiro atoms. The van der Waals surface area contributed by atoms with Gasteiger partial charge in [-0.2, -0.15) is 5.10 Å². The van der Waals surface area contributed by atoms with Gasteiger partial charge in [-0.1, -0.05) is 57.7 Å². The van der Waals surface area contributed by atoms with Gasteiger partial charge in [0.25, 0.3) is 0 Å². The second kappa shape index (κ2) is 8.18. The predicted octanol–water partition coefficient (Wildman–Crippen LogP) is 4.27. The number of nitrogens with one attached hydrogen (secondary N) is 1. The molecule has 3 heteroatoms. The number of aryl methyl sites for hydroxylation is 1. The maximum atomic E-state index is 4.61. The lowest BCUT2D eigenvalue weighted by Gasteiger charge is -2.05. The highest BCUT2D eigenvalue weighted by Crippen LogP contribution is 2.17. The highest BCUT2D eigenvalue weighted by atomic mass is 15.3. The third kappa shape index (κ3) is 4.85. The van der Waals surface area contributed by atoms with E-state index in [4.69, 9.17) is 0 Å². The molecule has 21 heavy (non-hydrogen) atoms. The van der Waals surface area contributed by atoms with E-state index >= 15 is 0 Å². The molecule has 1 aromatic heterocycles. The van der Waals surface area contributed by atoms with E-state index < -0.39 is 0 Å².